The van der Waals surface area contributed by atoms with Gasteiger partial charge in [0.2, 0.25) is 0 Å². The number of hydrogen-bond donors (Lipinski definition) is 1. The van der Waals surface area contributed by atoms with Crippen molar-refractivity contribution in [1.82, 2.24) is 0 Å². The summed E-state index contributed by atoms with van der Waals surface area (Å²) in [6, 6.07) is 16.8. The molecule has 0 saturated carbocycles. The van der Waals surface area contributed by atoms with Crippen LogP contribution < -0.4 is 0 Å². The number of carboxylic acid groups (broad SMARTS) is 1. The first-order chi connectivity index (χ1) is 8.20. The number of carbonyl (C=O) groups is 1. The molecule has 0 unspecified atom stereocenters. The summed E-state index contributed by atoms with van der Waals surface area (Å²) in [5.41, 5.74) is 0.933. The Balaban J connectivity index is 0.000000405. The minimum atomic E-state index is -0.905. The number of hydrogen-bond acceptors (Lipinski definition) is 2. The summed E-state index contributed by atoms with van der Waals surface area (Å²) in [4.78, 5) is 14.2. The molecular weight excluding hydrogens is 270 g/mol. The third-order valence-corrected chi connectivity index (χ3v) is 2.05. The topological polar surface area (TPSA) is 49.7 Å². The van der Waals surface area contributed by atoms with Crippen LogP contribution in [-0.2, 0) is 21.9 Å². The summed E-state index contributed by atoms with van der Waals surface area (Å²) in [7, 11) is 0. The van der Waals surface area contributed by atoms with Crippen LogP contribution in [0.15, 0.2) is 59.6 Å². The molecular formula is C14H15FeNO2. The Bertz CT molecular complexity index is 415. The quantitative estimate of drug-likeness (QED) is 0.535. The van der Waals surface area contributed by atoms with E-state index in [1.807, 2.05) is 54.6 Å². The molecule has 0 aromatic heterocycles. The summed E-state index contributed by atoms with van der Waals surface area (Å²) >= 11 is 0. The average Bonchev–Trinajstić information content (AvgIpc) is 3.00. The van der Waals surface area contributed by atoms with Gasteiger partial charge in [-0.15, -0.1) is 5.56 Å². The van der Waals surface area contributed by atoms with Crippen molar-refractivity contribution < 1.29 is 27.0 Å². The monoisotopic (exact) mass is 285 g/mol. The molecule has 0 bridgehead atoms. The Labute approximate surface area is 117 Å². The standard InChI is InChI=1S/C9H10NO2.C5H5.Fe/c1-7(9(11)12)10-6-8-4-2-3-5-8;1-2-4-5-3-1;/h2-7H,1H3,(H,11,12);1-5H;/q2*-1;+2/t7-;;/m0../s1. The molecule has 0 saturated heterocycles. The maximum absolute atomic E-state index is 10.3. The average molecular weight is 285 g/mol. The third kappa shape index (κ3) is 6.84. The van der Waals surface area contributed by atoms with Gasteiger partial charge in [-0.2, -0.15) is 30.3 Å². The number of rotatable bonds is 3. The van der Waals surface area contributed by atoms with Gasteiger partial charge in [-0.05, 0) is 13.1 Å². The first-order valence-electron chi connectivity index (χ1n) is 5.34. The maximum atomic E-state index is 10.3. The summed E-state index contributed by atoms with van der Waals surface area (Å²) in [6.45, 7) is 1.54. The second kappa shape index (κ2) is 9.40. The van der Waals surface area contributed by atoms with Crippen molar-refractivity contribution in [3.63, 3.8) is 0 Å². The smallest absolute Gasteiger partial charge is 0.480 e. The van der Waals surface area contributed by atoms with Crippen molar-refractivity contribution in [2.24, 2.45) is 4.99 Å². The molecule has 3 nitrogen and oxygen atoms in total. The predicted molar refractivity (Wildman–Crippen MR) is 68.8 cm³/mol. The number of aliphatic carboxylic acids is 1. The molecule has 0 aliphatic rings. The van der Waals surface area contributed by atoms with E-state index in [4.69, 9.17) is 5.11 Å². The molecule has 96 valence electrons. The van der Waals surface area contributed by atoms with Crippen molar-refractivity contribution in [1.29, 1.82) is 0 Å². The molecule has 0 spiro atoms. The van der Waals surface area contributed by atoms with Crippen molar-refractivity contribution >= 4 is 12.2 Å². The van der Waals surface area contributed by atoms with Crippen LogP contribution in [0.5, 0.6) is 0 Å². The molecule has 2 rings (SSSR count). The zero-order chi connectivity index (χ0) is 12.5. The SMILES string of the molecule is C[C@H](N=C[c-]1cccc1)C(=O)O.[Fe+2].c1cc[cH-]c1. The van der Waals surface area contributed by atoms with Gasteiger partial charge >= 0.3 is 23.0 Å². The Hall–Kier alpha value is -1.64. The van der Waals surface area contributed by atoms with Gasteiger partial charge in [0.1, 0.15) is 6.04 Å². The summed E-state index contributed by atoms with van der Waals surface area (Å²) in [6.07, 6.45) is 1.57. The van der Waals surface area contributed by atoms with Gasteiger partial charge < -0.3 is 5.11 Å². The largest absolute Gasteiger partial charge is 2.00 e. The molecule has 4 heteroatoms. The predicted octanol–water partition coefficient (Wildman–Crippen LogP) is 2.70. The van der Waals surface area contributed by atoms with Gasteiger partial charge in [-0.1, -0.05) is 0 Å². The van der Waals surface area contributed by atoms with Gasteiger partial charge in [0.05, 0.1) is 0 Å². The van der Waals surface area contributed by atoms with Gasteiger partial charge in [0, 0.05) is 0 Å². The summed E-state index contributed by atoms with van der Waals surface area (Å²) in [5.74, 6) is -0.905. The van der Waals surface area contributed by atoms with Crippen LogP contribution in [0, 0.1) is 0 Å². The molecule has 2 aromatic rings. The van der Waals surface area contributed by atoms with Crippen LogP contribution in [0.2, 0.25) is 0 Å². The Kier molecular flexibility index (Phi) is 8.54. The van der Waals surface area contributed by atoms with Gasteiger partial charge in [0.25, 0.3) is 0 Å². The van der Waals surface area contributed by atoms with E-state index in [9.17, 15) is 4.79 Å². The zero-order valence-electron chi connectivity index (χ0n) is 10.0. The second-order valence-electron chi connectivity index (χ2n) is 3.47. The van der Waals surface area contributed by atoms with E-state index < -0.39 is 12.0 Å². The summed E-state index contributed by atoms with van der Waals surface area (Å²) in [5, 5.41) is 8.50. The minimum absolute atomic E-state index is 0. The molecule has 2 aromatic carbocycles. The van der Waals surface area contributed by atoms with E-state index in [1.54, 1.807) is 13.1 Å². The Morgan fingerprint density at radius 3 is 2.22 bits per heavy atom. The van der Waals surface area contributed by atoms with Gasteiger partial charge in [0.15, 0.2) is 0 Å². The zero-order valence-corrected chi connectivity index (χ0v) is 11.1. The van der Waals surface area contributed by atoms with E-state index in [-0.39, 0.29) is 17.1 Å². The van der Waals surface area contributed by atoms with E-state index in [2.05, 4.69) is 4.99 Å². The molecule has 0 amide bonds. The normalized spacial score (nSPS) is 11.2. The van der Waals surface area contributed by atoms with Gasteiger partial charge in [-0.25, -0.2) is 29.1 Å². The molecule has 0 fully saturated rings. The molecule has 0 aliphatic carbocycles. The first-order valence-corrected chi connectivity index (χ1v) is 5.34. The Morgan fingerprint density at radius 1 is 1.28 bits per heavy atom. The number of aliphatic imine (C=N–C) groups is 1. The van der Waals surface area contributed by atoms with E-state index >= 15 is 0 Å². The van der Waals surface area contributed by atoms with E-state index in [0.717, 1.165) is 5.56 Å². The molecule has 0 heterocycles. The van der Waals surface area contributed by atoms with Crippen LogP contribution in [-0.4, -0.2) is 23.3 Å². The summed E-state index contributed by atoms with van der Waals surface area (Å²) < 4.78 is 0. The molecule has 18 heavy (non-hydrogen) atoms. The number of carboxylic acids is 1. The molecule has 1 atom stereocenters. The third-order valence-electron chi connectivity index (χ3n) is 2.05. The Morgan fingerprint density at radius 2 is 1.83 bits per heavy atom. The van der Waals surface area contributed by atoms with E-state index in [1.165, 1.54) is 0 Å². The fourth-order valence-corrected chi connectivity index (χ4v) is 1.06. The van der Waals surface area contributed by atoms with E-state index in [0.29, 0.717) is 0 Å². The first kappa shape index (κ1) is 16.4. The van der Waals surface area contributed by atoms with Gasteiger partial charge in [-0.3, -0.25) is 4.99 Å². The van der Waals surface area contributed by atoms with Crippen molar-refractivity contribution in [2.45, 2.75) is 13.0 Å². The van der Waals surface area contributed by atoms with Crippen LogP contribution in [0.4, 0.5) is 0 Å². The molecule has 1 N–H and O–H groups in total. The maximum Gasteiger partial charge on any atom is 2.00 e. The van der Waals surface area contributed by atoms with Crippen molar-refractivity contribution in [2.75, 3.05) is 0 Å². The van der Waals surface area contributed by atoms with Crippen molar-refractivity contribution in [3.05, 3.63) is 60.2 Å². The fourth-order valence-electron chi connectivity index (χ4n) is 1.06. The van der Waals surface area contributed by atoms with Crippen molar-refractivity contribution in [3.8, 4) is 0 Å². The second-order valence-corrected chi connectivity index (χ2v) is 3.47. The van der Waals surface area contributed by atoms with Crippen LogP contribution >= 0.6 is 0 Å². The molecule has 0 aliphatic heterocycles. The fraction of sp³-hybridized carbons (Fsp3) is 0.143. The molecule has 0 radical (unpaired) electrons. The van der Waals surface area contributed by atoms with Crippen LogP contribution in [0.25, 0.3) is 0 Å². The van der Waals surface area contributed by atoms with Crippen LogP contribution in [0.3, 0.4) is 0 Å². The minimum Gasteiger partial charge on any atom is -0.480 e. The number of nitrogens with zero attached hydrogens (tertiary/aromatic N) is 1. The van der Waals surface area contributed by atoms with Crippen LogP contribution in [0.1, 0.15) is 12.5 Å².